The van der Waals surface area contributed by atoms with Gasteiger partial charge in [0.2, 0.25) is 0 Å². The molecule has 180 valence electrons. The molecule has 0 aliphatic carbocycles. The Bertz CT molecular complexity index is 871. The maximum atomic E-state index is 11.9. The van der Waals surface area contributed by atoms with Crippen molar-refractivity contribution in [3.05, 3.63) is 71.3 Å². The predicted molar refractivity (Wildman–Crippen MR) is 142 cm³/mol. The maximum Gasteiger partial charge on any atom is 0.409 e. The molecule has 0 atom stereocenters. The Kier molecular flexibility index (Phi) is 12.0. The number of carbonyl (C=O) groups is 1. The first kappa shape index (κ1) is 26.9. The lowest BCUT2D eigenvalue weighted by molar-refractivity contribution is 0.0963. The van der Waals surface area contributed by atoms with Gasteiger partial charge in [0.05, 0.1) is 19.8 Å². The molecule has 0 unspecified atom stereocenters. The van der Waals surface area contributed by atoms with Gasteiger partial charge in [-0.2, -0.15) is 0 Å². The van der Waals surface area contributed by atoms with Crippen molar-refractivity contribution >= 4 is 36.0 Å². The van der Waals surface area contributed by atoms with Crippen LogP contribution in [0, 0.1) is 0 Å². The van der Waals surface area contributed by atoms with Crippen LogP contribution in [0.4, 0.5) is 4.79 Å². The molecule has 2 aromatic rings. The molecule has 1 heterocycles. The summed E-state index contributed by atoms with van der Waals surface area (Å²) >= 11 is 0. The molecule has 2 N–H and O–H groups in total. The monoisotopic (exact) mass is 566 g/mol. The molecule has 1 aliphatic heterocycles. The molecule has 1 fully saturated rings. The van der Waals surface area contributed by atoms with Crippen LogP contribution in [0.2, 0.25) is 0 Å². The van der Waals surface area contributed by atoms with Crippen LogP contribution in [0.5, 0.6) is 0 Å². The van der Waals surface area contributed by atoms with E-state index in [1.54, 1.807) is 11.9 Å². The van der Waals surface area contributed by atoms with Gasteiger partial charge in [-0.05, 0) is 36.5 Å². The van der Waals surface area contributed by atoms with Gasteiger partial charge in [0.25, 0.3) is 0 Å². The quantitative estimate of drug-likeness (QED) is 0.283. The highest BCUT2D eigenvalue weighted by Crippen LogP contribution is 2.13. The van der Waals surface area contributed by atoms with E-state index in [4.69, 9.17) is 9.47 Å². The number of benzene rings is 2. The zero-order chi connectivity index (χ0) is 22.6. The molecule has 2 aromatic carbocycles. The second-order valence-corrected chi connectivity index (χ2v) is 7.78. The number of rotatable bonds is 8. The van der Waals surface area contributed by atoms with Gasteiger partial charge in [-0.15, -0.1) is 24.0 Å². The van der Waals surface area contributed by atoms with E-state index < -0.39 is 0 Å². The Morgan fingerprint density at radius 2 is 1.70 bits per heavy atom. The number of guanidine groups is 1. The molecule has 7 nitrogen and oxygen atoms in total. The summed E-state index contributed by atoms with van der Waals surface area (Å²) in [7, 11) is 1.78. The van der Waals surface area contributed by atoms with E-state index in [1.807, 2.05) is 37.3 Å². The molecule has 0 aromatic heterocycles. The smallest absolute Gasteiger partial charge is 0.409 e. The van der Waals surface area contributed by atoms with Gasteiger partial charge in [0, 0.05) is 32.7 Å². The molecule has 33 heavy (non-hydrogen) atoms. The standard InChI is InChI=1S/C25H34N4O3.HI/c1-3-32-25(30)29-15-13-23(14-16-29)28-24(26-2)27-17-21-11-7-8-12-22(21)19-31-18-20-9-5-4-6-10-20;/h4-12,23H,3,13-19H2,1-2H3,(H2,26,27,28);1H. The van der Waals surface area contributed by atoms with E-state index in [0.717, 1.165) is 24.4 Å². The first-order valence-electron chi connectivity index (χ1n) is 11.3. The number of likely N-dealkylation sites (tertiary alicyclic amines) is 1. The topological polar surface area (TPSA) is 75.2 Å². The van der Waals surface area contributed by atoms with Crippen LogP contribution in [0.25, 0.3) is 0 Å². The Balaban J connectivity index is 0.00000385. The van der Waals surface area contributed by atoms with Crippen LogP contribution in [0.15, 0.2) is 59.6 Å². The van der Waals surface area contributed by atoms with Gasteiger partial charge < -0.3 is 25.0 Å². The fourth-order valence-electron chi connectivity index (χ4n) is 3.71. The average molecular weight is 566 g/mol. The highest BCUT2D eigenvalue weighted by Gasteiger charge is 2.24. The first-order chi connectivity index (χ1) is 15.7. The van der Waals surface area contributed by atoms with E-state index >= 15 is 0 Å². The van der Waals surface area contributed by atoms with Crippen molar-refractivity contribution in [2.24, 2.45) is 4.99 Å². The van der Waals surface area contributed by atoms with Gasteiger partial charge in [-0.25, -0.2) is 4.79 Å². The summed E-state index contributed by atoms with van der Waals surface area (Å²) in [5.41, 5.74) is 3.51. The molecule has 1 amide bonds. The predicted octanol–water partition coefficient (Wildman–Crippen LogP) is 4.31. The lowest BCUT2D eigenvalue weighted by Gasteiger charge is -2.32. The number of hydrogen-bond acceptors (Lipinski definition) is 4. The number of hydrogen-bond donors (Lipinski definition) is 2. The van der Waals surface area contributed by atoms with Gasteiger partial charge in [0.1, 0.15) is 0 Å². The summed E-state index contributed by atoms with van der Waals surface area (Å²) in [6, 6.07) is 18.8. The first-order valence-corrected chi connectivity index (χ1v) is 11.3. The number of nitrogens with zero attached hydrogens (tertiary/aromatic N) is 2. The summed E-state index contributed by atoms with van der Waals surface area (Å²) in [4.78, 5) is 18.0. The van der Waals surface area contributed by atoms with Gasteiger partial charge >= 0.3 is 6.09 Å². The van der Waals surface area contributed by atoms with Gasteiger partial charge in [-0.1, -0.05) is 54.6 Å². The van der Waals surface area contributed by atoms with E-state index in [-0.39, 0.29) is 36.1 Å². The summed E-state index contributed by atoms with van der Waals surface area (Å²) in [6.45, 7) is 5.43. The van der Waals surface area contributed by atoms with E-state index in [1.165, 1.54) is 11.1 Å². The summed E-state index contributed by atoms with van der Waals surface area (Å²) < 4.78 is 11.0. The number of piperidine rings is 1. The third-order valence-electron chi connectivity index (χ3n) is 5.52. The second-order valence-electron chi connectivity index (χ2n) is 7.78. The fraction of sp³-hybridized carbons (Fsp3) is 0.440. The molecule has 3 rings (SSSR count). The van der Waals surface area contributed by atoms with Crippen molar-refractivity contribution in [3.63, 3.8) is 0 Å². The maximum absolute atomic E-state index is 11.9. The molecular formula is C25H35IN4O3. The number of ether oxygens (including phenoxy) is 2. The van der Waals surface area contributed by atoms with Crippen LogP contribution in [0.3, 0.4) is 0 Å². The minimum atomic E-state index is -0.223. The van der Waals surface area contributed by atoms with Crippen LogP contribution in [0.1, 0.15) is 36.5 Å². The van der Waals surface area contributed by atoms with Crippen molar-refractivity contribution in [2.75, 3.05) is 26.7 Å². The molecule has 0 radical (unpaired) electrons. The van der Waals surface area contributed by atoms with Gasteiger partial charge in [-0.3, -0.25) is 4.99 Å². The van der Waals surface area contributed by atoms with Crippen LogP contribution in [-0.2, 0) is 29.2 Å². The van der Waals surface area contributed by atoms with E-state index in [2.05, 4.69) is 39.9 Å². The van der Waals surface area contributed by atoms with Crippen molar-refractivity contribution in [1.82, 2.24) is 15.5 Å². The zero-order valence-corrected chi connectivity index (χ0v) is 21.8. The van der Waals surface area contributed by atoms with E-state index in [0.29, 0.717) is 39.5 Å². The Hall–Kier alpha value is -2.33. The van der Waals surface area contributed by atoms with Crippen LogP contribution < -0.4 is 10.6 Å². The van der Waals surface area contributed by atoms with Crippen LogP contribution >= 0.6 is 24.0 Å². The Morgan fingerprint density at radius 3 is 2.36 bits per heavy atom. The highest BCUT2D eigenvalue weighted by molar-refractivity contribution is 14.0. The number of halogens is 1. The van der Waals surface area contributed by atoms with Gasteiger partial charge in [0.15, 0.2) is 5.96 Å². The molecule has 1 aliphatic rings. The average Bonchev–Trinajstić information content (AvgIpc) is 2.83. The molecule has 0 bridgehead atoms. The molecule has 0 spiro atoms. The second kappa shape index (κ2) is 14.7. The molecule has 1 saturated heterocycles. The molecular weight excluding hydrogens is 531 g/mol. The van der Waals surface area contributed by atoms with Crippen molar-refractivity contribution in [2.45, 2.75) is 45.6 Å². The number of nitrogens with one attached hydrogen (secondary N) is 2. The lowest BCUT2D eigenvalue weighted by atomic mass is 10.1. The zero-order valence-electron chi connectivity index (χ0n) is 19.5. The number of carbonyl (C=O) groups excluding carboxylic acids is 1. The number of aliphatic imine (C=N–C) groups is 1. The minimum absolute atomic E-state index is 0. The normalized spacial score (nSPS) is 14.4. The Labute approximate surface area is 214 Å². The van der Waals surface area contributed by atoms with E-state index in [9.17, 15) is 4.79 Å². The molecule has 0 saturated carbocycles. The third kappa shape index (κ3) is 8.85. The number of amides is 1. The third-order valence-corrected chi connectivity index (χ3v) is 5.52. The molecule has 8 heteroatoms. The van der Waals surface area contributed by atoms with Crippen LogP contribution in [-0.4, -0.2) is 49.7 Å². The summed E-state index contributed by atoms with van der Waals surface area (Å²) in [5.74, 6) is 0.764. The summed E-state index contributed by atoms with van der Waals surface area (Å²) in [6.07, 6.45) is 1.51. The fourth-order valence-corrected chi connectivity index (χ4v) is 3.71. The van der Waals surface area contributed by atoms with Crippen molar-refractivity contribution < 1.29 is 14.3 Å². The van der Waals surface area contributed by atoms with Crippen molar-refractivity contribution in [3.8, 4) is 0 Å². The minimum Gasteiger partial charge on any atom is -0.450 e. The highest BCUT2D eigenvalue weighted by atomic mass is 127. The SMILES string of the molecule is CCOC(=O)N1CCC(NC(=NC)NCc2ccccc2COCc2ccccc2)CC1.I. The largest absolute Gasteiger partial charge is 0.450 e. The Morgan fingerprint density at radius 1 is 1.03 bits per heavy atom. The van der Waals surface area contributed by atoms with Crippen molar-refractivity contribution in [1.29, 1.82) is 0 Å². The lowest BCUT2D eigenvalue weighted by Crippen LogP contribution is -2.49. The summed E-state index contributed by atoms with van der Waals surface area (Å²) in [5, 5.41) is 6.89.